The molecule has 71 valence electrons. The molecule has 0 unspecified atom stereocenters. The summed E-state index contributed by atoms with van der Waals surface area (Å²) in [7, 11) is 0. The largest absolute Gasteiger partial charge is 0.457 e. The van der Waals surface area contributed by atoms with Crippen LogP contribution < -0.4 is 0 Å². The average Bonchev–Trinajstić information content (AvgIpc) is 2.12. The molecule has 2 heteroatoms. The van der Waals surface area contributed by atoms with E-state index in [2.05, 4.69) is 25.5 Å². The van der Waals surface area contributed by atoms with Crippen LogP contribution >= 0.6 is 0 Å². The molecule has 0 fully saturated rings. The van der Waals surface area contributed by atoms with Crippen LogP contribution in [0.5, 0.6) is 0 Å². The van der Waals surface area contributed by atoms with Gasteiger partial charge in [0.2, 0.25) is 0 Å². The molecule has 0 spiro atoms. The Balaban J connectivity index is 3.51. The smallest absolute Gasteiger partial charge is 0.417 e. The summed E-state index contributed by atoms with van der Waals surface area (Å²) in [6.07, 6.45) is 4.46. The quantitative estimate of drug-likeness (QED) is 0.550. The molecule has 2 nitrogen and oxygen atoms in total. The minimum Gasteiger partial charge on any atom is -0.457 e. The van der Waals surface area contributed by atoms with Gasteiger partial charge in [-0.15, -0.1) is 0 Å². The molecule has 0 aromatic carbocycles. The Labute approximate surface area is 75.3 Å². The SMILES string of the molecule is CCC(C)(CC)CCCO[C]=O. The minimum absolute atomic E-state index is 0.423. The van der Waals surface area contributed by atoms with Crippen molar-refractivity contribution < 1.29 is 9.53 Å². The van der Waals surface area contributed by atoms with Crippen molar-refractivity contribution in [2.75, 3.05) is 6.61 Å². The maximum Gasteiger partial charge on any atom is 0.417 e. The first kappa shape index (κ1) is 11.5. The molecule has 0 rings (SSSR count). The Kier molecular flexibility index (Phi) is 5.77. The maximum absolute atomic E-state index is 9.72. The first-order chi connectivity index (χ1) is 5.68. The zero-order chi connectivity index (χ0) is 9.45. The molecular weight excluding hydrogens is 152 g/mol. The summed E-state index contributed by atoms with van der Waals surface area (Å²) in [6, 6.07) is 0. The first-order valence-electron chi connectivity index (χ1n) is 4.67. The Morgan fingerprint density at radius 1 is 1.33 bits per heavy atom. The zero-order valence-electron chi connectivity index (χ0n) is 8.35. The highest BCUT2D eigenvalue weighted by Gasteiger charge is 2.18. The van der Waals surface area contributed by atoms with Gasteiger partial charge in [-0.25, -0.2) is 4.79 Å². The molecule has 0 aromatic heterocycles. The third kappa shape index (κ3) is 4.37. The summed E-state index contributed by atoms with van der Waals surface area (Å²) in [6.45, 7) is 8.64. The van der Waals surface area contributed by atoms with Crippen LogP contribution in [0.25, 0.3) is 0 Å². The molecule has 0 heterocycles. The fourth-order valence-electron chi connectivity index (χ4n) is 1.22. The van der Waals surface area contributed by atoms with Crippen molar-refractivity contribution in [3.8, 4) is 0 Å². The van der Waals surface area contributed by atoms with Crippen molar-refractivity contribution in [3.63, 3.8) is 0 Å². The summed E-state index contributed by atoms with van der Waals surface area (Å²) < 4.78 is 4.51. The van der Waals surface area contributed by atoms with Gasteiger partial charge in [-0.05, 0) is 18.3 Å². The summed E-state index contributed by atoms with van der Waals surface area (Å²) in [4.78, 5) is 9.72. The second kappa shape index (κ2) is 6.04. The number of rotatable bonds is 7. The van der Waals surface area contributed by atoms with E-state index in [1.54, 1.807) is 0 Å². The van der Waals surface area contributed by atoms with Gasteiger partial charge in [0.15, 0.2) is 0 Å². The second-order valence-electron chi connectivity index (χ2n) is 3.55. The predicted octanol–water partition coefficient (Wildman–Crippen LogP) is 2.68. The van der Waals surface area contributed by atoms with Crippen molar-refractivity contribution in [2.24, 2.45) is 5.41 Å². The zero-order valence-corrected chi connectivity index (χ0v) is 8.35. The van der Waals surface area contributed by atoms with E-state index >= 15 is 0 Å². The number of hydrogen-bond acceptors (Lipinski definition) is 2. The topological polar surface area (TPSA) is 26.3 Å². The van der Waals surface area contributed by atoms with Crippen LogP contribution in [0.2, 0.25) is 0 Å². The summed E-state index contributed by atoms with van der Waals surface area (Å²) in [5.41, 5.74) is 0.423. The van der Waals surface area contributed by atoms with Crippen LogP contribution in [0.15, 0.2) is 0 Å². The van der Waals surface area contributed by atoms with Crippen molar-refractivity contribution in [1.29, 1.82) is 0 Å². The van der Waals surface area contributed by atoms with E-state index in [1.165, 1.54) is 19.3 Å². The summed E-state index contributed by atoms with van der Waals surface area (Å²) in [5, 5.41) is 0. The van der Waals surface area contributed by atoms with E-state index in [0.29, 0.717) is 12.0 Å². The van der Waals surface area contributed by atoms with Crippen LogP contribution in [0.3, 0.4) is 0 Å². The third-order valence-electron chi connectivity index (χ3n) is 2.79. The molecule has 1 radical (unpaired) electrons. The highest BCUT2D eigenvalue weighted by molar-refractivity contribution is 5.37. The van der Waals surface area contributed by atoms with Gasteiger partial charge in [-0.1, -0.05) is 33.6 Å². The van der Waals surface area contributed by atoms with Crippen LogP contribution in [0, 0.1) is 5.41 Å². The Bertz CT molecular complexity index is 117. The molecule has 0 saturated carbocycles. The fraction of sp³-hybridized carbons (Fsp3) is 0.900. The molecule has 0 amide bonds. The van der Waals surface area contributed by atoms with Crippen LogP contribution in [0.1, 0.15) is 46.5 Å². The molecule has 0 saturated heterocycles. The van der Waals surface area contributed by atoms with Gasteiger partial charge >= 0.3 is 6.47 Å². The molecule has 0 N–H and O–H groups in total. The molecule has 0 aliphatic rings. The lowest BCUT2D eigenvalue weighted by Crippen LogP contribution is -2.14. The lowest BCUT2D eigenvalue weighted by atomic mass is 9.80. The summed E-state index contributed by atoms with van der Waals surface area (Å²) in [5.74, 6) is 0. The lowest BCUT2D eigenvalue weighted by Gasteiger charge is -2.26. The average molecular weight is 171 g/mol. The van der Waals surface area contributed by atoms with E-state index in [1.807, 2.05) is 0 Å². The minimum atomic E-state index is 0.423. The van der Waals surface area contributed by atoms with Gasteiger partial charge in [0.25, 0.3) is 0 Å². The first-order valence-corrected chi connectivity index (χ1v) is 4.67. The second-order valence-corrected chi connectivity index (χ2v) is 3.55. The third-order valence-corrected chi connectivity index (χ3v) is 2.79. The normalized spacial score (nSPS) is 11.2. The van der Waals surface area contributed by atoms with Crippen molar-refractivity contribution in [2.45, 2.75) is 46.5 Å². The number of carbonyl (C=O) groups excluding carboxylic acids is 1. The lowest BCUT2D eigenvalue weighted by molar-refractivity contribution is 0.215. The van der Waals surface area contributed by atoms with Crippen molar-refractivity contribution >= 4 is 6.47 Å². The van der Waals surface area contributed by atoms with Crippen LogP contribution in [-0.4, -0.2) is 13.1 Å². The van der Waals surface area contributed by atoms with E-state index < -0.39 is 0 Å². The highest BCUT2D eigenvalue weighted by atomic mass is 16.5. The summed E-state index contributed by atoms with van der Waals surface area (Å²) >= 11 is 0. The van der Waals surface area contributed by atoms with Crippen LogP contribution in [-0.2, 0) is 9.53 Å². The van der Waals surface area contributed by atoms with Crippen molar-refractivity contribution in [3.05, 3.63) is 0 Å². The molecule has 0 aliphatic carbocycles. The number of ether oxygens (including phenoxy) is 1. The Morgan fingerprint density at radius 2 is 1.92 bits per heavy atom. The number of hydrogen-bond donors (Lipinski definition) is 0. The van der Waals surface area contributed by atoms with E-state index in [9.17, 15) is 4.79 Å². The maximum atomic E-state index is 9.72. The van der Waals surface area contributed by atoms with E-state index in [-0.39, 0.29) is 0 Å². The Hall–Kier alpha value is -0.530. The van der Waals surface area contributed by atoms with Gasteiger partial charge in [-0.3, -0.25) is 0 Å². The van der Waals surface area contributed by atoms with Gasteiger partial charge in [0.05, 0.1) is 6.61 Å². The van der Waals surface area contributed by atoms with E-state index in [4.69, 9.17) is 0 Å². The predicted molar refractivity (Wildman–Crippen MR) is 49.6 cm³/mol. The van der Waals surface area contributed by atoms with Crippen LogP contribution in [0.4, 0.5) is 0 Å². The van der Waals surface area contributed by atoms with Crippen molar-refractivity contribution in [1.82, 2.24) is 0 Å². The van der Waals surface area contributed by atoms with Gasteiger partial charge in [-0.2, -0.15) is 0 Å². The molecule has 0 aliphatic heterocycles. The Morgan fingerprint density at radius 3 is 2.33 bits per heavy atom. The van der Waals surface area contributed by atoms with Gasteiger partial charge in [0, 0.05) is 0 Å². The highest BCUT2D eigenvalue weighted by Crippen LogP contribution is 2.30. The molecular formula is C10H19O2. The standard InChI is InChI=1S/C10H19O2/c1-4-10(3,5-2)7-6-8-12-9-11/h4-8H2,1-3H3. The van der Waals surface area contributed by atoms with E-state index in [0.717, 1.165) is 12.8 Å². The molecule has 0 bridgehead atoms. The molecule has 0 atom stereocenters. The fourth-order valence-corrected chi connectivity index (χ4v) is 1.22. The van der Waals surface area contributed by atoms with Gasteiger partial charge in [0.1, 0.15) is 0 Å². The molecule has 12 heavy (non-hydrogen) atoms. The molecule has 0 aromatic rings. The van der Waals surface area contributed by atoms with Gasteiger partial charge < -0.3 is 4.74 Å². The monoisotopic (exact) mass is 171 g/mol.